The van der Waals surface area contributed by atoms with Gasteiger partial charge in [-0.2, -0.15) is 178 Å². The molecular weight excluding hydrogens is 1820 g/mol. The van der Waals surface area contributed by atoms with E-state index in [4.69, 9.17) is 65.0 Å². The first-order valence-corrected chi connectivity index (χ1v) is 41.0. The van der Waals surface area contributed by atoms with Gasteiger partial charge in [0.1, 0.15) is 0 Å². The van der Waals surface area contributed by atoms with E-state index in [0.29, 0.717) is 25.5 Å². The molecule has 4 rings (SSSR count). The van der Waals surface area contributed by atoms with Gasteiger partial charge in [0.25, 0.3) is 0 Å². The Kier molecular flexibility index (Phi) is 430. The number of hydrogen-bond acceptors (Lipinski definition) is 18. The van der Waals surface area contributed by atoms with Crippen LogP contribution in [0.25, 0.3) is 0 Å². The molecule has 113 heavy (non-hydrogen) atoms. The molecule has 4 aromatic rings. The van der Waals surface area contributed by atoms with Crippen LogP contribution in [0.2, 0.25) is 0 Å². The van der Waals surface area contributed by atoms with Crippen molar-refractivity contribution in [2.75, 3.05) is 81.4 Å². The molecule has 18 N–H and O–H groups in total. The van der Waals surface area contributed by atoms with Crippen LogP contribution in [0, 0.1) is 60.9 Å². The van der Waals surface area contributed by atoms with Crippen LogP contribution < -0.4 is 34.4 Å². The predicted octanol–water partition coefficient (Wildman–Crippen LogP) is 25.4. The molecule has 0 aliphatic rings. The number of aromatic hydroxyl groups is 1. The van der Waals surface area contributed by atoms with Crippen LogP contribution in [0.5, 0.6) is 5.75 Å². The molecule has 0 amide bonds. The van der Waals surface area contributed by atoms with Gasteiger partial charge < -0.3 is 94.7 Å². The Bertz CT molecular complexity index is 1620. The molecule has 0 unspecified atom stereocenters. The van der Waals surface area contributed by atoms with E-state index in [1.54, 1.807) is 85.3 Å². The Morgan fingerprint density at radius 3 is 0.814 bits per heavy atom. The summed E-state index contributed by atoms with van der Waals surface area (Å²) in [6.07, 6.45) is 39.5. The maximum absolute atomic E-state index is 8.61. The molecule has 0 fully saturated rings. The van der Waals surface area contributed by atoms with E-state index in [2.05, 4.69) is 190 Å². The van der Waals surface area contributed by atoms with Crippen molar-refractivity contribution in [3.05, 3.63) is 242 Å². The Balaban J connectivity index is -0.0000000293. The summed E-state index contributed by atoms with van der Waals surface area (Å²) in [6, 6.07) is 40.5. The van der Waals surface area contributed by atoms with Crippen molar-refractivity contribution < 1.29 is 161 Å². The molecule has 0 aliphatic carbocycles. The first-order chi connectivity index (χ1) is 50.5. The SMILES string of the molecule is C/C=C/CN.C/C=C/CO.C/C=C/CS.C=CCC.CC/C=C/N.CC/C=C/O.CC/C=C/S.CCC.CCCC.CCCCN.CCCCO.CCCCS.CCCN.CCCO.CCCS.CCN.CCO.CCS.Cc1cc[c-]cc1.Nc1cc[c-]cc1.Oc1cc[c-]cc1.Sc1cc[c-]cc1.[CH3-].[CH3-].[CH3-].[CH3-].[Y].[Y].[Y].[Y]. The van der Waals surface area contributed by atoms with Gasteiger partial charge in [-0.05, 0) is 140 Å². The van der Waals surface area contributed by atoms with Gasteiger partial charge in [-0.25, -0.2) is 0 Å². The van der Waals surface area contributed by atoms with E-state index in [-0.39, 0.29) is 174 Å². The third kappa shape index (κ3) is 446. The van der Waals surface area contributed by atoms with Crippen molar-refractivity contribution in [3.63, 3.8) is 0 Å². The molecular formula is C91H186N6O6S6Y4-8. The van der Waals surface area contributed by atoms with Crippen LogP contribution in [0.15, 0.2) is 187 Å². The number of unbranched alkanes of at least 4 members (excludes halogenated alkanes) is 4. The molecule has 0 saturated carbocycles. The van der Waals surface area contributed by atoms with Crippen LogP contribution in [-0.2, 0) is 131 Å². The number of aryl methyl sites for hydroxylation is 1. The first-order valence-electron chi connectivity index (χ1n) is 37.6. The van der Waals surface area contributed by atoms with E-state index in [9.17, 15) is 0 Å². The van der Waals surface area contributed by atoms with Gasteiger partial charge in [0, 0.05) is 169 Å². The second-order valence-electron chi connectivity index (χ2n) is 19.1. The molecule has 22 heteroatoms. The van der Waals surface area contributed by atoms with Crippen molar-refractivity contribution in [1.82, 2.24) is 0 Å². The number of aliphatic hydroxyl groups excluding tert-OH is 5. The summed E-state index contributed by atoms with van der Waals surface area (Å²) in [4.78, 5) is 0.985. The summed E-state index contributed by atoms with van der Waals surface area (Å²) < 4.78 is 0. The molecule has 0 aromatic heterocycles. The molecule has 0 spiro atoms. The average molecular weight is 2010 g/mol. The Morgan fingerprint density at radius 1 is 0.451 bits per heavy atom. The summed E-state index contributed by atoms with van der Waals surface area (Å²) in [5, 5.41) is 49.7. The number of allylic oxidation sites excluding steroid dienone is 7. The van der Waals surface area contributed by atoms with Gasteiger partial charge in [0.15, 0.2) is 0 Å². The van der Waals surface area contributed by atoms with Crippen LogP contribution >= 0.6 is 75.8 Å². The molecule has 0 bridgehead atoms. The van der Waals surface area contributed by atoms with Crippen molar-refractivity contribution in [2.45, 2.75) is 253 Å². The smallest absolute Gasteiger partial charge is 0.0751 e. The van der Waals surface area contributed by atoms with E-state index in [0.717, 1.165) is 111 Å². The fourth-order valence-electron chi connectivity index (χ4n) is 2.84. The van der Waals surface area contributed by atoms with Crippen molar-refractivity contribution in [3.8, 4) is 5.75 Å². The molecule has 4 radical (unpaired) electrons. The fraction of sp³-hybridized carbons (Fsp3) is 0.538. The van der Waals surface area contributed by atoms with E-state index < -0.39 is 0 Å². The van der Waals surface area contributed by atoms with Crippen LogP contribution in [-0.4, -0.2) is 106 Å². The molecule has 0 saturated heterocycles. The van der Waals surface area contributed by atoms with Gasteiger partial charge in [-0.1, -0.05) is 223 Å². The van der Waals surface area contributed by atoms with Crippen LogP contribution in [0.4, 0.5) is 5.69 Å². The zero-order chi connectivity index (χ0) is 85.4. The minimum Gasteiger partial charge on any atom is -0.533 e. The molecule has 672 valence electrons. The summed E-state index contributed by atoms with van der Waals surface area (Å²) >= 11 is 23.5. The number of phenols is 1. The summed E-state index contributed by atoms with van der Waals surface area (Å²) in [6.45, 7) is 50.3. The van der Waals surface area contributed by atoms with Crippen molar-refractivity contribution >= 4 is 81.5 Å². The van der Waals surface area contributed by atoms with Crippen molar-refractivity contribution in [1.29, 1.82) is 0 Å². The number of aliphatic hydroxyl groups is 5. The number of anilines is 1. The Morgan fingerprint density at radius 2 is 0.770 bits per heavy atom. The van der Waals surface area contributed by atoms with Gasteiger partial charge >= 0.3 is 0 Å². The molecule has 0 atom stereocenters. The van der Waals surface area contributed by atoms with E-state index in [1.807, 2.05) is 146 Å². The van der Waals surface area contributed by atoms with Gasteiger partial charge in [-0.3, -0.25) is 0 Å². The van der Waals surface area contributed by atoms with Gasteiger partial charge in [0.2, 0.25) is 0 Å². The number of thiol groups is 6. The van der Waals surface area contributed by atoms with E-state index >= 15 is 0 Å². The number of hydrogen-bond donors (Lipinski definition) is 18. The normalized spacial score (nSPS) is 7.81. The molecule has 12 nitrogen and oxygen atoms in total. The molecule has 4 aromatic carbocycles. The number of phenolic OH excluding ortho intramolecular Hbond substituents is 1. The topological polar surface area (TPSA) is 278 Å². The van der Waals surface area contributed by atoms with Crippen LogP contribution in [0.1, 0.15) is 247 Å². The monoisotopic (exact) mass is 2010 g/mol. The summed E-state index contributed by atoms with van der Waals surface area (Å²) in [7, 11) is 0. The van der Waals surface area contributed by atoms with Crippen LogP contribution in [0.3, 0.4) is 0 Å². The molecule has 0 heterocycles. The second kappa shape index (κ2) is 259. The van der Waals surface area contributed by atoms with E-state index in [1.165, 1.54) is 56.9 Å². The fourth-order valence-corrected chi connectivity index (χ4v) is 3.73. The van der Waals surface area contributed by atoms with Gasteiger partial charge in [-0.15, -0.1) is 35.7 Å². The summed E-state index contributed by atoms with van der Waals surface area (Å²) in [5.74, 6) is 4.14. The van der Waals surface area contributed by atoms with Crippen molar-refractivity contribution in [2.24, 2.45) is 28.7 Å². The number of benzene rings is 4. The maximum Gasteiger partial charge on any atom is 0.0751 e. The predicted molar refractivity (Wildman–Crippen MR) is 533 cm³/mol. The zero-order valence-corrected chi connectivity index (χ0v) is 94.1. The quantitative estimate of drug-likeness (QED) is 0.0155. The number of nitrogens with two attached hydrogens (primary N) is 6. The van der Waals surface area contributed by atoms with Gasteiger partial charge in [0.05, 0.1) is 12.9 Å². The number of nitrogen functional groups attached to an aromatic ring is 1. The third-order valence-electron chi connectivity index (χ3n) is 8.24. The second-order valence-corrected chi connectivity index (χ2v) is 21.8. The first kappa shape index (κ1) is 188. The minimum atomic E-state index is 0. The zero-order valence-electron chi connectivity index (χ0n) is 77.4. The maximum atomic E-state index is 8.61. The largest absolute Gasteiger partial charge is 0.533 e. The minimum absolute atomic E-state index is 0. The summed E-state index contributed by atoms with van der Waals surface area (Å²) in [5.41, 5.74) is 32.4. The molecule has 0 aliphatic heterocycles. The number of rotatable bonds is 17. The Hall–Kier alpha value is 0.456. The third-order valence-corrected chi connectivity index (χ3v) is 9.73. The Labute approximate surface area is 843 Å². The average Bonchev–Trinajstić information content (AvgIpc) is 1.05. The standard InChI is InChI=1S/C7H7.C6H6N.C6H5O.C6H5S.C4H11N.2C4H9N.C4H10O.2C4H8O.C4H10S.2C4H8S.C4H10.C4H8.C3H9N.C3H8O.C3H8S.C3H8.C2H7N.C2H6O.C2H6S.4CH3.4Y/c1-7-5-3-2-4-6-7;3*7-6-4-2-1-3-5-6;9*1-2-3-4-5;2*1-3-4-2;3*1-2-3-4;1-3-2;3*1-2-3;;;;;;;;/h3-6H,1H3;2-5H,7H2;2*2-5,7H;2-5H2,1H3;3-4H,2,5H2,1H3;2-3H,4-5H2,1H3;5H,2-4H2,1H3;3-5H,2H2,1H3;2-3,5H,4H2,1H3;5H,2-4H2,1H3;3-5H,2H2,1H3;2-3,5H,4H2,1H3;3-4H2,1-2H3;3H,1,4H2,2H3;2-4H2,1H3;2*4H,2-3H2,1H3;3H2,1-2H3;2-3H2,1H3;2*3H,2H2,1H3;4*1H3;;;;/q4*-1;;;;;;;;;;;;;;;;;;;4*-1;;;;/b;;;;;4-3+;3-2+;;4-3+;3-2+;;4-3+;3-2+;;;;;;;;;;;;;;;;;.